The van der Waals surface area contributed by atoms with Crippen molar-refractivity contribution in [3.05, 3.63) is 35.9 Å². The number of benzene rings is 1. The van der Waals surface area contributed by atoms with Gasteiger partial charge < -0.3 is 10.2 Å². The minimum Gasteiger partial charge on any atom is -0.481 e. The van der Waals surface area contributed by atoms with Crippen LogP contribution in [0.15, 0.2) is 30.3 Å². The van der Waals surface area contributed by atoms with Gasteiger partial charge in [0.25, 0.3) is 5.78 Å². The molecule has 1 unspecified atom stereocenters. The van der Waals surface area contributed by atoms with Crippen LogP contribution in [0.2, 0.25) is 0 Å². The molecule has 0 saturated carbocycles. The van der Waals surface area contributed by atoms with Gasteiger partial charge in [-0.25, -0.2) is 4.79 Å². The maximum Gasteiger partial charge on any atom is 0.373 e. The summed E-state index contributed by atoms with van der Waals surface area (Å²) in [6, 6.07) is 7.77. The van der Waals surface area contributed by atoms with Crippen LogP contribution >= 0.6 is 0 Å². The summed E-state index contributed by atoms with van der Waals surface area (Å²) in [5.74, 6) is -7.41. The Morgan fingerprint density at radius 1 is 1.00 bits per heavy atom. The van der Waals surface area contributed by atoms with E-state index in [-0.39, 0.29) is 5.56 Å². The first kappa shape index (κ1) is 13.6. The lowest BCUT2D eigenvalue weighted by Crippen LogP contribution is -2.31. The molecule has 0 aromatic heterocycles. The summed E-state index contributed by atoms with van der Waals surface area (Å²) >= 11 is 0. The normalized spacial score (nSPS) is 11.6. The fourth-order valence-corrected chi connectivity index (χ4v) is 1.37. The van der Waals surface area contributed by atoms with Crippen molar-refractivity contribution in [2.75, 3.05) is 0 Å². The van der Waals surface area contributed by atoms with E-state index in [1.807, 2.05) is 0 Å². The number of carboxylic acid groups (broad SMARTS) is 2. The average Bonchev–Trinajstić information content (AvgIpc) is 2.35. The summed E-state index contributed by atoms with van der Waals surface area (Å²) in [7, 11) is 0. The lowest BCUT2D eigenvalue weighted by Gasteiger charge is -2.07. The first-order valence-corrected chi connectivity index (χ1v) is 5.01. The van der Waals surface area contributed by atoms with Gasteiger partial charge in [0.1, 0.15) is 5.92 Å². The highest BCUT2D eigenvalue weighted by Crippen LogP contribution is 2.12. The predicted molar refractivity (Wildman–Crippen MR) is 59.2 cm³/mol. The fraction of sp³-hybridized carbons (Fsp3) is 0.167. The summed E-state index contributed by atoms with van der Waals surface area (Å²) in [5, 5.41) is 17.2. The minimum absolute atomic E-state index is 0.238. The fourth-order valence-electron chi connectivity index (χ4n) is 1.37. The number of carbonyl (C=O) groups is 4. The van der Waals surface area contributed by atoms with Gasteiger partial charge in [-0.3, -0.25) is 14.4 Å². The highest BCUT2D eigenvalue weighted by molar-refractivity contribution is 6.37. The number of Topliss-reactive ketones (excluding diaryl/α,β-unsaturated/α-hetero) is 2. The minimum atomic E-state index is -1.86. The molecule has 0 aliphatic carbocycles. The van der Waals surface area contributed by atoms with E-state index in [1.54, 1.807) is 18.2 Å². The number of hydrogen-bond acceptors (Lipinski definition) is 4. The van der Waals surface area contributed by atoms with Gasteiger partial charge in [-0.15, -0.1) is 0 Å². The molecule has 1 rings (SSSR count). The molecule has 0 saturated heterocycles. The summed E-state index contributed by atoms with van der Waals surface area (Å²) in [6.07, 6.45) is -0.662. The molecule has 1 atom stereocenters. The second kappa shape index (κ2) is 5.72. The van der Waals surface area contributed by atoms with Crippen molar-refractivity contribution in [1.29, 1.82) is 0 Å². The summed E-state index contributed by atoms with van der Waals surface area (Å²) < 4.78 is 0. The summed E-state index contributed by atoms with van der Waals surface area (Å²) in [4.78, 5) is 44.0. The van der Waals surface area contributed by atoms with Crippen molar-refractivity contribution >= 4 is 23.5 Å². The molecule has 2 N–H and O–H groups in total. The number of aliphatic carboxylic acids is 2. The van der Waals surface area contributed by atoms with E-state index in [9.17, 15) is 19.2 Å². The molecule has 0 aliphatic rings. The van der Waals surface area contributed by atoms with Crippen LogP contribution in [0.1, 0.15) is 16.8 Å². The Hall–Kier alpha value is -2.50. The lowest BCUT2D eigenvalue weighted by atomic mass is 9.94. The number of carboxylic acids is 2. The third-order valence-electron chi connectivity index (χ3n) is 2.31. The predicted octanol–water partition coefficient (Wildman–Crippen LogP) is 0.614. The third-order valence-corrected chi connectivity index (χ3v) is 2.31. The molecule has 6 nitrogen and oxygen atoms in total. The maximum atomic E-state index is 11.7. The number of carbonyl (C=O) groups excluding carboxylic acids is 2. The molecule has 0 spiro atoms. The van der Waals surface area contributed by atoms with Gasteiger partial charge >= 0.3 is 11.9 Å². The highest BCUT2D eigenvalue weighted by atomic mass is 16.4. The molecule has 18 heavy (non-hydrogen) atoms. The lowest BCUT2D eigenvalue weighted by molar-refractivity contribution is -0.157. The Labute approximate surface area is 102 Å². The second-order valence-electron chi connectivity index (χ2n) is 3.55. The number of rotatable bonds is 6. The quantitative estimate of drug-likeness (QED) is 0.435. The van der Waals surface area contributed by atoms with Crippen LogP contribution in [0.25, 0.3) is 0 Å². The second-order valence-corrected chi connectivity index (χ2v) is 3.55. The van der Waals surface area contributed by atoms with Crippen molar-refractivity contribution in [2.24, 2.45) is 5.92 Å². The smallest absolute Gasteiger partial charge is 0.373 e. The van der Waals surface area contributed by atoms with E-state index < -0.39 is 35.8 Å². The van der Waals surface area contributed by atoms with Gasteiger partial charge in [0, 0.05) is 12.0 Å². The Morgan fingerprint density at radius 3 is 2.00 bits per heavy atom. The molecule has 1 aromatic carbocycles. The maximum absolute atomic E-state index is 11.7. The van der Waals surface area contributed by atoms with Crippen molar-refractivity contribution in [3.8, 4) is 0 Å². The SMILES string of the molecule is O=C(O)C(=O)C(CC(=O)c1ccccc1)C(=O)O. The highest BCUT2D eigenvalue weighted by Gasteiger charge is 2.33. The molecule has 6 heteroatoms. The number of hydrogen-bond donors (Lipinski definition) is 2. The molecule has 0 amide bonds. The first-order chi connectivity index (χ1) is 8.43. The van der Waals surface area contributed by atoms with Crippen LogP contribution in [0.4, 0.5) is 0 Å². The topological polar surface area (TPSA) is 109 Å². The van der Waals surface area contributed by atoms with Gasteiger partial charge in [-0.1, -0.05) is 30.3 Å². The van der Waals surface area contributed by atoms with Crippen LogP contribution in [-0.4, -0.2) is 33.7 Å². The molecular formula is C12H10O6. The molecule has 94 valence electrons. The van der Waals surface area contributed by atoms with E-state index >= 15 is 0 Å². The standard InChI is InChI=1S/C12H10O6/c13-9(7-4-2-1-3-5-7)6-8(11(15)16)10(14)12(17)18/h1-5,8H,6H2,(H,15,16)(H,17,18). The Kier molecular flexibility index (Phi) is 4.31. The zero-order valence-electron chi connectivity index (χ0n) is 9.20. The van der Waals surface area contributed by atoms with Crippen molar-refractivity contribution in [3.63, 3.8) is 0 Å². The van der Waals surface area contributed by atoms with Crippen LogP contribution in [-0.2, 0) is 14.4 Å². The van der Waals surface area contributed by atoms with E-state index in [0.29, 0.717) is 0 Å². The Morgan fingerprint density at radius 2 is 1.56 bits per heavy atom. The van der Waals surface area contributed by atoms with Crippen molar-refractivity contribution in [2.45, 2.75) is 6.42 Å². The van der Waals surface area contributed by atoms with Gasteiger partial charge in [0.05, 0.1) is 0 Å². The van der Waals surface area contributed by atoms with Gasteiger partial charge in [0.15, 0.2) is 5.78 Å². The van der Waals surface area contributed by atoms with Crippen LogP contribution in [0, 0.1) is 5.92 Å². The molecule has 1 aromatic rings. The van der Waals surface area contributed by atoms with Crippen LogP contribution < -0.4 is 0 Å². The summed E-state index contributed by atoms with van der Waals surface area (Å²) in [6.45, 7) is 0. The molecule has 0 radical (unpaired) electrons. The average molecular weight is 250 g/mol. The van der Waals surface area contributed by atoms with Gasteiger partial charge in [0.2, 0.25) is 0 Å². The zero-order valence-corrected chi connectivity index (χ0v) is 9.20. The van der Waals surface area contributed by atoms with E-state index in [0.717, 1.165) is 0 Å². The summed E-state index contributed by atoms with van der Waals surface area (Å²) in [5.41, 5.74) is 0.238. The molecule has 0 heterocycles. The van der Waals surface area contributed by atoms with E-state index in [2.05, 4.69) is 0 Å². The third kappa shape index (κ3) is 3.24. The van der Waals surface area contributed by atoms with E-state index in [1.165, 1.54) is 12.1 Å². The molecular weight excluding hydrogens is 240 g/mol. The Balaban J connectivity index is 2.86. The van der Waals surface area contributed by atoms with Crippen molar-refractivity contribution in [1.82, 2.24) is 0 Å². The van der Waals surface area contributed by atoms with Crippen LogP contribution in [0.3, 0.4) is 0 Å². The molecule has 0 aliphatic heterocycles. The number of ketones is 2. The van der Waals surface area contributed by atoms with E-state index in [4.69, 9.17) is 10.2 Å². The first-order valence-electron chi connectivity index (χ1n) is 5.01. The monoisotopic (exact) mass is 250 g/mol. The van der Waals surface area contributed by atoms with Gasteiger partial charge in [-0.2, -0.15) is 0 Å². The largest absolute Gasteiger partial charge is 0.481 e. The molecule has 0 fully saturated rings. The Bertz CT molecular complexity index is 491. The molecule has 0 bridgehead atoms. The zero-order chi connectivity index (χ0) is 13.7. The van der Waals surface area contributed by atoms with Crippen molar-refractivity contribution < 1.29 is 29.4 Å². The van der Waals surface area contributed by atoms with Crippen LogP contribution in [0.5, 0.6) is 0 Å². The van der Waals surface area contributed by atoms with Gasteiger partial charge in [-0.05, 0) is 0 Å².